The van der Waals surface area contributed by atoms with Crippen molar-refractivity contribution in [3.05, 3.63) is 108 Å². The van der Waals surface area contributed by atoms with E-state index in [1.165, 1.54) is 0 Å². The van der Waals surface area contributed by atoms with Crippen molar-refractivity contribution in [2.45, 2.75) is 13.5 Å². The molecule has 0 amide bonds. The first kappa shape index (κ1) is 18.8. The van der Waals surface area contributed by atoms with Gasteiger partial charge in [-0.15, -0.1) is 0 Å². The molecule has 144 valence electrons. The number of nitrogens with zero attached hydrogens (tertiary/aromatic N) is 1. The lowest BCUT2D eigenvalue weighted by Gasteiger charge is -2.14. The summed E-state index contributed by atoms with van der Waals surface area (Å²) in [5.41, 5.74) is 5.66. The molecule has 3 nitrogen and oxygen atoms in total. The molecule has 0 fully saturated rings. The Morgan fingerprint density at radius 1 is 0.793 bits per heavy atom. The fraction of sp³-hybridized carbons (Fsp3) is 0.115. The minimum absolute atomic E-state index is 0.301. The average molecular weight is 381 g/mol. The van der Waals surface area contributed by atoms with Crippen molar-refractivity contribution in [3.8, 4) is 22.4 Å². The zero-order chi connectivity index (χ0) is 20.1. The van der Waals surface area contributed by atoms with Crippen LogP contribution in [0.3, 0.4) is 0 Å². The molecule has 0 aliphatic heterocycles. The highest BCUT2D eigenvalue weighted by Gasteiger charge is 2.24. The Bertz CT molecular complexity index is 1080. The van der Waals surface area contributed by atoms with Crippen LogP contribution in [0.1, 0.15) is 23.0 Å². The maximum absolute atomic E-state index is 13.1. The lowest BCUT2D eigenvalue weighted by molar-refractivity contribution is 0.0515. The Balaban J connectivity index is 1.96. The van der Waals surface area contributed by atoms with Crippen molar-refractivity contribution in [2.24, 2.45) is 0 Å². The maximum Gasteiger partial charge on any atom is 0.355 e. The average Bonchev–Trinajstić information content (AvgIpc) is 3.15. The Morgan fingerprint density at radius 2 is 1.34 bits per heavy atom. The quantitative estimate of drug-likeness (QED) is 0.381. The normalized spacial score (nSPS) is 10.7. The fourth-order valence-corrected chi connectivity index (χ4v) is 3.58. The molecule has 4 aromatic rings. The van der Waals surface area contributed by atoms with Gasteiger partial charge in [-0.2, -0.15) is 0 Å². The molecule has 1 heterocycles. The van der Waals surface area contributed by atoms with Crippen molar-refractivity contribution in [1.29, 1.82) is 0 Å². The number of carbonyl (C=O) groups excluding carboxylic acids is 1. The summed E-state index contributed by atoms with van der Waals surface area (Å²) in [6.07, 6.45) is 0. The second-order valence-electron chi connectivity index (χ2n) is 6.82. The van der Waals surface area contributed by atoms with E-state index in [4.69, 9.17) is 4.74 Å². The van der Waals surface area contributed by atoms with Gasteiger partial charge in [0.1, 0.15) is 5.69 Å². The molecule has 0 atom stereocenters. The second-order valence-corrected chi connectivity index (χ2v) is 6.82. The third-order valence-corrected chi connectivity index (χ3v) is 4.90. The van der Waals surface area contributed by atoms with Gasteiger partial charge in [0.25, 0.3) is 0 Å². The van der Waals surface area contributed by atoms with Crippen molar-refractivity contribution < 1.29 is 9.53 Å². The third-order valence-electron chi connectivity index (χ3n) is 4.90. The van der Waals surface area contributed by atoms with Crippen molar-refractivity contribution in [2.75, 3.05) is 6.61 Å². The summed E-state index contributed by atoms with van der Waals surface area (Å²) < 4.78 is 7.53. The molecule has 29 heavy (non-hydrogen) atoms. The van der Waals surface area contributed by atoms with Crippen LogP contribution in [0.4, 0.5) is 0 Å². The number of carbonyl (C=O) groups is 1. The molecule has 0 radical (unpaired) electrons. The number of rotatable bonds is 6. The highest BCUT2D eigenvalue weighted by molar-refractivity contribution is 5.98. The smallest absolute Gasteiger partial charge is 0.355 e. The highest BCUT2D eigenvalue weighted by Crippen LogP contribution is 2.34. The van der Waals surface area contributed by atoms with E-state index in [9.17, 15) is 4.79 Å². The minimum Gasteiger partial charge on any atom is -0.461 e. The molecule has 0 saturated heterocycles. The number of aromatic nitrogens is 1. The molecule has 0 unspecified atom stereocenters. The number of ether oxygens (including phenoxy) is 1. The van der Waals surface area contributed by atoms with Crippen LogP contribution in [0.25, 0.3) is 22.4 Å². The van der Waals surface area contributed by atoms with Crippen LogP contribution in [0.2, 0.25) is 0 Å². The molecule has 0 N–H and O–H groups in total. The number of esters is 1. The monoisotopic (exact) mass is 381 g/mol. The summed E-state index contributed by atoms with van der Waals surface area (Å²) in [7, 11) is 0. The summed E-state index contributed by atoms with van der Waals surface area (Å²) >= 11 is 0. The molecule has 3 aromatic carbocycles. The van der Waals surface area contributed by atoms with Crippen molar-refractivity contribution in [1.82, 2.24) is 4.57 Å². The van der Waals surface area contributed by atoms with E-state index in [0.29, 0.717) is 18.8 Å². The molecule has 1 aromatic heterocycles. The van der Waals surface area contributed by atoms with Gasteiger partial charge in [-0.3, -0.25) is 0 Å². The van der Waals surface area contributed by atoms with Gasteiger partial charge in [-0.1, -0.05) is 91.0 Å². The van der Waals surface area contributed by atoms with Gasteiger partial charge < -0.3 is 9.30 Å². The zero-order valence-electron chi connectivity index (χ0n) is 16.4. The summed E-state index contributed by atoms with van der Waals surface area (Å²) in [4.78, 5) is 13.1. The summed E-state index contributed by atoms with van der Waals surface area (Å²) in [6.45, 7) is 2.76. The van der Waals surface area contributed by atoms with Gasteiger partial charge >= 0.3 is 5.97 Å². The van der Waals surface area contributed by atoms with Gasteiger partial charge in [-0.25, -0.2) is 4.79 Å². The second kappa shape index (κ2) is 8.61. The maximum atomic E-state index is 13.1. The highest BCUT2D eigenvalue weighted by atomic mass is 16.5. The molecule has 0 spiro atoms. The summed E-state index contributed by atoms with van der Waals surface area (Å²) in [5.74, 6) is -0.301. The Kier molecular flexibility index (Phi) is 5.57. The largest absolute Gasteiger partial charge is 0.461 e. The van der Waals surface area contributed by atoms with Crippen molar-refractivity contribution >= 4 is 5.97 Å². The van der Waals surface area contributed by atoms with Crippen LogP contribution in [0.5, 0.6) is 0 Å². The SMILES string of the molecule is CCOC(=O)c1c(-c2ccccc2)cc(-c2ccccc2)n1Cc1ccccc1. The summed E-state index contributed by atoms with van der Waals surface area (Å²) in [5, 5.41) is 0. The van der Waals surface area contributed by atoms with Crippen LogP contribution in [0.15, 0.2) is 97.1 Å². The zero-order valence-corrected chi connectivity index (χ0v) is 16.4. The van der Waals surface area contributed by atoms with E-state index in [2.05, 4.69) is 34.9 Å². The molecule has 0 bridgehead atoms. The molecular weight excluding hydrogens is 358 g/mol. The van der Waals surface area contributed by atoms with Gasteiger partial charge in [-0.05, 0) is 29.7 Å². The predicted molar refractivity (Wildman–Crippen MR) is 117 cm³/mol. The number of hydrogen-bond acceptors (Lipinski definition) is 2. The molecule has 0 aliphatic rings. The first-order chi connectivity index (χ1) is 14.3. The minimum atomic E-state index is -0.301. The van der Waals surface area contributed by atoms with E-state index in [1.807, 2.05) is 73.7 Å². The molecule has 4 rings (SSSR count). The van der Waals surface area contributed by atoms with E-state index >= 15 is 0 Å². The van der Waals surface area contributed by atoms with E-state index in [1.54, 1.807) is 0 Å². The topological polar surface area (TPSA) is 31.2 Å². The van der Waals surface area contributed by atoms with E-state index < -0.39 is 0 Å². The Labute approximate surface area is 171 Å². The third kappa shape index (κ3) is 3.99. The number of hydrogen-bond donors (Lipinski definition) is 0. The standard InChI is InChI=1S/C26H23NO2/c1-2-29-26(28)25-23(21-14-8-4-9-15-21)18-24(22-16-10-5-11-17-22)27(25)19-20-12-6-3-7-13-20/h3-18H,2,19H2,1H3. The van der Waals surface area contributed by atoms with Crippen LogP contribution in [0, 0.1) is 0 Å². The van der Waals surface area contributed by atoms with Crippen LogP contribution in [-0.4, -0.2) is 17.1 Å². The van der Waals surface area contributed by atoms with Crippen LogP contribution < -0.4 is 0 Å². The van der Waals surface area contributed by atoms with Gasteiger partial charge in [0, 0.05) is 17.8 Å². The summed E-state index contributed by atoms with van der Waals surface area (Å²) in [6, 6.07) is 32.5. The first-order valence-electron chi connectivity index (χ1n) is 9.83. The molecule has 0 aliphatic carbocycles. The predicted octanol–water partition coefficient (Wildman–Crippen LogP) is 6.05. The van der Waals surface area contributed by atoms with Crippen molar-refractivity contribution in [3.63, 3.8) is 0 Å². The molecular formula is C26H23NO2. The van der Waals surface area contributed by atoms with Gasteiger partial charge in [0.15, 0.2) is 0 Å². The lowest BCUT2D eigenvalue weighted by atomic mass is 10.0. The Morgan fingerprint density at radius 3 is 1.93 bits per heavy atom. The lowest BCUT2D eigenvalue weighted by Crippen LogP contribution is -2.15. The number of benzene rings is 3. The van der Waals surface area contributed by atoms with Crippen LogP contribution in [-0.2, 0) is 11.3 Å². The van der Waals surface area contributed by atoms with Gasteiger partial charge in [0.05, 0.1) is 6.61 Å². The fourth-order valence-electron chi connectivity index (χ4n) is 3.58. The Hall–Kier alpha value is -3.59. The first-order valence-corrected chi connectivity index (χ1v) is 9.83. The van der Waals surface area contributed by atoms with E-state index in [-0.39, 0.29) is 5.97 Å². The molecule has 0 saturated carbocycles. The molecule has 3 heteroatoms. The van der Waals surface area contributed by atoms with E-state index in [0.717, 1.165) is 27.9 Å². The van der Waals surface area contributed by atoms with Gasteiger partial charge in [0.2, 0.25) is 0 Å². The van der Waals surface area contributed by atoms with Crippen LogP contribution >= 0.6 is 0 Å².